The summed E-state index contributed by atoms with van der Waals surface area (Å²) in [5.41, 5.74) is 0.634. The Hall–Kier alpha value is -2.64. The number of hydrogen-bond acceptors (Lipinski definition) is 5. The highest BCUT2D eigenvalue weighted by Crippen LogP contribution is 2.12. The van der Waals surface area contributed by atoms with E-state index in [0.29, 0.717) is 44.6 Å². The normalized spacial score (nSPS) is 14.5. The number of carbonyl (C=O) groups excluding carboxylic acids is 3. The average Bonchev–Trinajstić information content (AvgIpc) is 2.69. The Balaban J connectivity index is 1.87. The van der Waals surface area contributed by atoms with Gasteiger partial charge in [0.1, 0.15) is 5.69 Å². The molecule has 8 nitrogen and oxygen atoms in total. The first-order valence-corrected chi connectivity index (χ1v) is 9.52. The van der Waals surface area contributed by atoms with Gasteiger partial charge in [-0.25, -0.2) is 4.79 Å². The Morgan fingerprint density at radius 2 is 1.96 bits per heavy atom. The van der Waals surface area contributed by atoms with Crippen LogP contribution in [0.5, 0.6) is 0 Å². The monoisotopic (exact) mass is 376 g/mol. The van der Waals surface area contributed by atoms with E-state index in [-0.39, 0.29) is 29.6 Å². The zero-order chi connectivity index (χ0) is 19.6. The summed E-state index contributed by atoms with van der Waals surface area (Å²) in [6, 6.07) is 3.06. The van der Waals surface area contributed by atoms with Crippen LogP contribution in [0.15, 0.2) is 18.3 Å². The predicted octanol–water partition coefficient (Wildman–Crippen LogP) is 1.96. The van der Waals surface area contributed by atoms with Crippen molar-refractivity contribution in [2.75, 3.05) is 26.2 Å². The number of carbonyl (C=O) groups is 3. The summed E-state index contributed by atoms with van der Waals surface area (Å²) in [6.45, 7) is 5.87. The molecular formula is C19H28N4O4. The number of unbranched alkanes of at least 4 members (excludes halogenated alkanes) is 1. The highest BCUT2D eigenvalue weighted by Gasteiger charge is 2.25. The van der Waals surface area contributed by atoms with E-state index in [0.717, 1.165) is 12.8 Å². The lowest BCUT2D eigenvalue weighted by Gasteiger charge is -2.31. The molecule has 148 valence electrons. The minimum absolute atomic E-state index is 0.0352. The van der Waals surface area contributed by atoms with Crippen LogP contribution in [0.4, 0.5) is 4.79 Å². The topological polar surface area (TPSA) is 101 Å². The number of piperidine rings is 1. The molecule has 3 amide bonds. The largest absolute Gasteiger partial charge is 0.450 e. The van der Waals surface area contributed by atoms with Crippen LogP contribution in [-0.2, 0) is 4.74 Å². The maximum Gasteiger partial charge on any atom is 0.409 e. The Morgan fingerprint density at radius 1 is 1.22 bits per heavy atom. The van der Waals surface area contributed by atoms with Gasteiger partial charge in [-0.3, -0.25) is 14.6 Å². The molecule has 2 heterocycles. The summed E-state index contributed by atoms with van der Waals surface area (Å²) < 4.78 is 4.99. The first-order chi connectivity index (χ1) is 13.0. The van der Waals surface area contributed by atoms with Gasteiger partial charge in [0.2, 0.25) is 0 Å². The van der Waals surface area contributed by atoms with Crippen molar-refractivity contribution in [1.82, 2.24) is 20.5 Å². The number of likely N-dealkylation sites (tertiary alicyclic amines) is 1. The summed E-state index contributed by atoms with van der Waals surface area (Å²) in [4.78, 5) is 42.0. The third-order valence-corrected chi connectivity index (χ3v) is 4.43. The van der Waals surface area contributed by atoms with Crippen molar-refractivity contribution < 1.29 is 19.1 Å². The minimum Gasteiger partial charge on any atom is -0.450 e. The molecule has 1 aliphatic rings. The number of aromatic nitrogens is 1. The lowest BCUT2D eigenvalue weighted by Crippen LogP contribution is -2.46. The van der Waals surface area contributed by atoms with E-state index in [2.05, 4.69) is 22.5 Å². The molecule has 0 radical (unpaired) electrons. The molecule has 1 saturated heterocycles. The van der Waals surface area contributed by atoms with Crippen molar-refractivity contribution in [3.8, 4) is 0 Å². The molecule has 1 fully saturated rings. The molecular weight excluding hydrogens is 348 g/mol. The standard InChI is InChI=1S/C19H28N4O4/c1-3-5-9-21-17(24)14-6-10-20-16(13-14)18(25)22-15-7-11-23(12-8-15)19(26)27-4-2/h6,10,13,15H,3-5,7-9,11-12H2,1-2H3,(H,21,24)(H,22,25). The molecule has 0 spiro atoms. The van der Waals surface area contributed by atoms with Crippen LogP contribution >= 0.6 is 0 Å². The number of hydrogen-bond donors (Lipinski definition) is 2. The molecule has 0 unspecified atom stereocenters. The fourth-order valence-electron chi connectivity index (χ4n) is 2.86. The first-order valence-electron chi connectivity index (χ1n) is 9.52. The second-order valence-corrected chi connectivity index (χ2v) is 6.47. The summed E-state index contributed by atoms with van der Waals surface area (Å²) in [7, 11) is 0. The molecule has 0 saturated carbocycles. The van der Waals surface area contributed by atoms with E-state index in [1.54, 1.807) is 17.9 Å². The molecule has 1 aliphatic heterocycles. The van der Waals surface area contributed by atoms with Gasteiger partial charge in [-0.05, 0) is 38.3 Å². The van der Waals surface area contributed by atoms with Crippen LogP contribution in [-0.4, -0.2) is 60.1 Å². The van der Waals surface area contributed by atoms with Crippen LogP contribution in [0.1, 0.15) is 60.4 Å². The van der Waals surface area contributed by atoms with Gasteiger partial charge in [0.15, 0.2) is 0 Å². The average molecular weight is 376 g/mol. The molecule has 1 aromatic heterocycles. The van der Waals surface area contributed by atoms with Gasteiger partial charge in [0.25, 0.3) is 11.8 Å². The van der Waals surface area contributed by atoms with Gasteiger partial charge in [-0.2, -0.15) is 0 Å². The number of rotatable bonds is 7. The van der Waals surface area contributed by atoms with Crippen molar-refractivity contribution in [3.05, 3.63) is 29.6 Å². The van der Waals surface area contributed by atoms with E-state index in [4.69, 9.17) is 4.74 Å². The molecule has 1 aromatic rings. The van der Waals surface area contributed by atoms with Crippen LogP contribution in [0, 0.1) is 0 Å². The zero-order valence-corrected chi connectivity index (χ0v) is 16.0. The van der Waals surface area contributed by atoms with Crippen molar-refractivity contribution >= 4 is 17.9 Å². The highest BCUT2D eigenvalue weighted by atomic mass is 16.6. The van der Waals surface area contributed by atoms with Gasteiger partial charge in [0.05, 0.1) is 6.61 Å². The maximum absolute atomic E-state index is 12.5. The van der Waals surface area contributed by atoms with Gasteiger partial charge in [-0.1, -0.05) is 13.3 Å². The van der Waals surface area contributed by atoms with Crippen molar-refractivity contribution in [1.29, 1.82) is 0 Å². The van der Waals surface area contributed by atoms with E-state index in [9.17, 15) is 14.4 Å². The second kappa shape index (κ2) is 10.5. The molecule has 0 aliphatic carbocycles. The van der Waals surface area contributed by atoms with E-state index >= 15 is 0 Å². The zero-order valence-electron chi connectivity index (χ0n) is 16.0. The summed E-state index contributed by atoms with van der Waals surface area (Å²) >= 11 is 0. The number of ether oxygens (including phenoxy) is 1. The van der Waals surface area contributed by atoms with E-state index in [1.165, 1.54) is 12.3 Å². The predicted molar refractivity (Wildman–Crippen MR) is 101 cm³/mol. The Bertz CT molecular complexity index is 657. The SMILES string of the molecule is CCCCNC(=O)c1ccnc(C(=O)NC2CCN(C(=O)OCC)CC2)c1. The van der Waals surface area contributed by atoms with Crippen molar-refractivity contribution in [2.45, 2.75) is 45.6 Å². The van der Waals surface area contributed by atoms with Gasteiger partial charge in [-0.15, -0.1) is 0 Å². The molecule has 0 bridgehead atoms. The lowest BCUT2D eigenvalue weighted by atomic mass is 10.1. The molecule has 27 heavy (non-hydrogen) atoms. The van der Waals surface area contributed by atoms with Crippen LogP contribution in [0.2, 0.25) is 0 Å². The number of amides is 3. The smallest absolute Gasteiger partial charge is 0.409 e. The fourth-order valence-corrected chi connectivity index (χ4v) is 2.86. The minimum atomic E-state index is -0.314. The third-order valence-electron chi connectivity index (χ3n) is 4.43. The fraction of sp³-hybridized carbons (Fsp3) is 0.579. The molecule has 0 atom stereocenters. The van der Waals surface area contributed by atoms with Crippen LogP contribution < -0.4 is 10.6 Å². The highest BCUT2D eigenvalue weighted by molar-refractivity contribution is 5.98. The van der Waals surface area contributed by atoms with Gasteiger partial charge >= 0.3 is 6.09 Å². The Labute approximate surface area is 159 Å². The first kappa shape index (κ1) is 20.7. The van der Waals surface area contributed by atoms with Gasteiger partial charge < -0.3 is 20.3 Å². The van der Waals surface area contributed by atoms with Crippen molar-refractivity contribution in [2.24, 2.45) is 0 Å². The summed E-state index contributed by atoms with van der Waals surface area (Å²) in [5, 5.41) is 5.76. The third kappa shape index (κ3) is 6.23. The lowest BCUT2D eigenvalue weighted by molar-refractivity contribution is 0.0856. The quantitative estimate of drug-likeness (QED) is 0.709. The molecule has 8 heteroatoms. The van der Waals surface area contributed by atoms with E-state index in [1.807, 2.05) is 0 Å². The summed E-state index contributed by atoms with van der Waals surface area (Å²) in [6.07, 6.45) is 4.37. The second-order valence-electron chi connectivity index (χ2n) is 6.47. The van der Waals surface area contributed by atoms with Crippen molar-refractivity contribution in [3.63, 3.8) is 0 Å². The molecule has 0 aromatic carbocycles. The van der Waals surface area contributed by atoms with E-state index < -0.39 is 0 Å². The van der Waals surface area contributed by atoms with Crippen LogP contribution in [0.25, 0.3) is 0 Å². The number of nitrogens with one attached hydrogen (secondary N) is 2. The Morgan fingerprint density at radius 3 is 2.63 bits per heavy atom. The molecule has 2 rings (SSSR count). The maximum atomic E-state index is 12.5. The van der Waals surface area contributed by atoms with Gasteiger partial charge in [0, 0.05) is 37.4 Å². The summed E-state index contributed by atoms with van der Waals surface area (Å²) in [5.74, 6) is -0.518. The van der Waals surface area contributed by atoms with Crippen LogP contribution in [0.3, 0.4) is 0 Å². The Kier molecular flexibility index (Phi) is 8.03. The molecule has 2 N–H and O–H groups in total. The number of nitrogens with zero attached hydrogens (tertiary/aromatic N) is 2. The number of pyridine rings is 1.